The van der Waals surface area contributed by atoms with Crippen LogP contribution in [-0.4, -0.2) is 47.9 Å². The summed E-state index contributed by atoms with van der Waals surface area (Å²) in [5.74, 6) is -2.08. The monoisotopic (exact) mass is 400 g/mol. The molecule has 0 aliphatic heterocycles. The van der Waals surface area contributed by atoms with E-state index in [1.54, 1.807) is 19.9 Å². The van der Waals surface area contributed by atoms with E-state index >= 15 is 0 Å². The highest BCUT2D eigenvalue weighted by atomic mass is 16.5. The first-order chi connectivity index (χ1) is 13.8. The maximum Gasteiger partial charge on any atom is 0.305 e. The molecule has 0 aliphatic carbocycles. The Labute approximate surface area is 168 Å². The summed E-state index contributed by atoms with van der Waals surface area (Å²) in [7, 11) is 0. The second-order valence-corrected chi connectivity index (χ2v) is 6.90. The predicted octanol–water partition coefficient (Wildman–Crippen LogP) is 1.52. The van der Waals surface area contributed by atoms with E-state index in [9.17, 15) is 19.2 Å². The summed E-state index contributed by atoms with van der Waals surface area (Å²) in [6, 6.07) is 11.0. The summed E-state index contributed by atoms with van der Waals surface area (Å²) in [6.07, 6.45) is -0.174. The summed E-state index contributed by atoms with van der Waals surface area (Å²) in [6.45, 7) is 3.16. The summed E-state index contributed by atoms with van der Waals surface area (Å²) in [5.41, 5.74) is 0. The van der Waals surface area contributed by atoms with Crippen molar-refractivity contribution in [3.63, 3.8) is 0 Å². The molecule has 0 saturated heterocycles. The van der Waals surface area contributed by atoms with Gasteiger partial charge in [-0.15, -0.1) is 0 Å². The standard InChI is InChI=1S/C21H24N2O6/c1-13(2)20(21(28)22-15(11-24)10-19(26)27)23-18(25)12-29-17-9-5-7-14-6-3-4-8-16(14)17/h3-9,11,13,15,20H,10,12H2,1-2H3,(H,22,28)(H,23,25)(H,26,27). The molecular formula is C21H24N2O6. The van der Waals surface area contributed by atoms with Gasteiger partial charge in [-0.1, -0.05) is 50.2 Å². The third-order valence-corrected chi connectivity index (χ3v) is 4.26. The van der Waals surface area contributed by atoms with E-state index < -0.39 is 36.3 Å². The van der Waals surface area contributed by atoms with Crippen LogP contribution in [0.5, 0.6) is 5.75 Å². The van der Waals surface area contributed by atoms with Gasteiger partial charge in [0.25, 0.3) is 5.91 Å². The zero-order valence-electron chi connectivity index (χ0n) is 16.3. The van der Waals surface area contributed by atoms with E-state index in [1.165, 1.54) is 0 Å². The number of rotatable bonds is 10. The molecule has 0 spiro atoms. The van der Waals surface area contributed by atoms with Crippen LogP contribution in [0.25, 0.3) is 10.8 Å². The van der Waals surface area contributed by atoms with Gasteiger partial charge in [-0.25, -0.2) is 0 Å². The molecule has 2 amide bonds. The topological polar surface area (TPSA) is 122 Å². The van der Waals surface area contributed by atoms with Crippen molar-refractivity contribution in [3.05, 3.63) is 42.5 Å². The van der Waals surface area contributed by atoms with Crippen molar-refractivity contribution >= 4 is 34.8 Å². The molecule has 0 fully saturated rings. The summed E-state index contributed by atoms with van der Waals surface area (Å²) in [5, 5.41) is 15.5. The van der Waals surface area contributed by atoms with Crippen LogP contribution in [0.4, 0.5) is 0 Å². The van der Waals surface area contributed by atoms with Crippen molar-refractivity contribution in [2.24, 2.45) is 5.92 Å². The highest BCUT2D eigenvalue weighted by Crippen LogP contribution is 2.24. The van der Waals surface area contributed by atoms with E-state index in [1.807, 2.05) is 36.4 Å². The number of hydrogen-bond donors (Lipinski definition) is 3. The predicted molar refractivity (Wildman–Crippen MR) is 106 cm³/mol. The van der Waals surface area contributed by atoms with Crippen LogP contribution in [0.15, 0.2) is 42.5 Å². The molecule has 8 heteroatoms. The Morgan fingerprint density at radius 2 is 1.76 bits per heavy atom. The first kappa shape index (κ1) is 21.9. The van der Waals surface area contributed by atoms with Crippen LogP contribution < -0.4 is 15.4 Å². The molecule has 0 heterocycles. The molecule has 2 aromatic rings. The molecule has 2 aromatic carbocycles. The molecule has 29 heavy (non-hydrogen) atoms. The van der Waals surface area contributed by atoms with E-state index in [4.69, 9.17) is 9.84 Å². The fourth-order valence-corrected chi connectivity index (χ4v) is 2.81. The van der Waals surface area contributed by atoms with Crippen LogP contribution in [0.1, 0.15) is 20.3 Å². The van der Waals surface area contributed by atoms with Gasteiger partial charge >= 0.3 is 5.97 Å². The summed E-state index contributed by atoms with van der Waals surface area (Å²) < 4.78 is 5.62. The third kappa shape index (κ3) is 6.31. The highest BCUT2D eigenvalue weighted by molar-refractivity contribution is 5.91. The smallest absolute Gasteiger partial charge is 0.305 e. The Balaban J connectivity index is 1.99. The molecule has 2 rings (SSSR count). The van der Waals surface area contributed by atoms with Crippen molar-refractivity contribution in [2.75, 3.05) is 6.61 Å². The zero-order chi connectivity index (χ0) is 21.4. The van der Waals surface area contributed by atoms with E-state index in [-0.39, 0.29) is 12.5 Å². The van der Waals surface area contributed by atoms with Gasteiger partial charge in [-0.3, -0.25) is 14.4 Å². The Hall–Kier alpha value is -3.42. The van der Waals surface area contributed by atoms with Gasteiger partial charge in [-0.2, -0.15) is 0 Å². The average molecular weight is 400 g/mol. The summed E-state index contributed by atoms with van der Waals surface area (Å²) in [4.78, 5) is 46.4. The van der Waals surface area contributed by atoms with E-state index in [0.29, 0.717) is 12.0 Å². The SMILES string of the molecule is CC(C)C(NC(=O)COc1cccc2ccccc12)C(=O)NC(C=O)CC(=O)O. The van der Waals surface area contributed by atoms with Crippen molar-refractivity contribution in [2.45, 2.75) is 32.4 Å². The third-order valence-electron chi connectivity index (χ3n) is 4.26. The van der Waals surface area contributed by atoms with Gasteiger partial charge in [0.1, 0.15) is 18.1 Å². The van der Waals surface area contributed by atoms with Crippen molar-refractivity contribution in [1.29, 1.82) is 0 Å². The lowest BCUT2D eigenvalue weighted by Gasteiger charge is -2.23. The van der Waals surface area contributed by atoms with Crippen LogP contribution in [-0.2, 0) is 19.2 Å². The molecule has 0 saturated carbocycles. The number of nitrogens with one attached hydrogen (secondary N) is 2. The molecular weight excluding hydrogens is 376 g/mol. The molecule has 2 atom stereocenters. The lowest BCUT2D eigenvalue weighted by molar-refractivity contribution is -0.139. The zero-order valence-corrected chi connectivity index (χ0v) is 16.3. The molecule has 154 valence electrons. The molecule has 0 aliphatic rings. The van der Waals surface area contributed by atoms with Crippen LogP contribution in [0.3, 0.4) is 0 Å². The van der Waals surface area contributed by atoms with Crippen molar-refractivity contribution in [1.82, 2.24) is 10.6 Å². The van der Waals surface area contributed by atoms with Gasteiger partial charge in [0.2, 0.25) is 5.91 Å². The number of aldehydes is 1. The number of carbonyl (C=O) groups is 4. The maximum absolute atomic E-state index is 12.4. The van der Waals surface area contributed by atoms with Gasteiger partial charge in [0.15, 0.2) is 6.61 Å². The fourth-order valence-electron chi connectivity index (χ4n) is 2.81. The fraction of sp³-hybridized carbons (Fsp3) is 0.333. The molecule has 8 nitrogen and oxygen atoms in total. The van der Waals surface area contributed by atoms with E-state index in [2.05, 4.69) is 10.6 Å². The van der Waals surface area contributed by atoms with Crippen LogP contribution >= 0.6 is 0 Å². The Bertz CT molecular complexity index is 890. The normalized spacial score (nSPS) is 12.8. The van der Waals surface area contributed by atoms with Gasteiger partial charge in [0, 0.05) is 5.39 Å². The van der Waals surface area contributed by atoms with Gasteiger partial charge in [-0.05, 0) is 17.4 Å². The Kier molecular flexibility index (Phi) is 7.70. The number of carboxylic acid groups (broad SMARTS) is 1. The Morgan fingerprint density at radius 3 is 2.41 bits per heavy atom. The maximum atomic E-state index is 12.4. The quantitative estimate of drug-likeness (QED) is 0.520. The highest BCUT2D eigenvalue weighted by Gasteiger charge is 2.27. The largest absolute Gasteiger partial charge is 0.483 e. The second kappa shape index (κ2) is 10.2. The number of aliphatic carboxylic acids is 1. The molecule has 0 radical (unpaired) electrons. The Morgan fingerprint density at radius 1 is 1.07 bits per heavy atom. The van der Waals surface area contributed by atoms with Crippen molar-refractivity contribution < 1.29 is 29.0 Å². The lowest BCUT2D eigenvalue weighted by atomic mass is 10.0. The number of carbonyl (C=O) groups excluding carboxylic acids is 3. The van der Waals surface area contributed by atoms with Crippen LogP contribution in [0.2, 0.25) is 0 Å². The molecule has 2 unspecified atom stereocenters. The number of fused-ring (bicyclic) bond motifs is 1. The number of carboxylic acids is 1. The lowest BCUT2D eigenvalue weighted by Crippen LogP contribution is -2.53. The second-order valence-electron chi connectivity index (χ2n) is 6.90. The van der Waals surface area contributed by atoms with Crippen LogP contribution in [0, 0.1) is 5.92 Å². The summed E-state index contributed by atoms with van der Waals surface area (Å²) >= 11 is 0. The molecule has 3 N–H and O–H groups in total. The number of hydrogen-bond acceptors (Lipinski definition) is 5. The first-order valence-corrected chi connectivity index (χ1v) is 9.19. The average Bonchev–Trinajstić information content (AvgIpc) is 2.69. The van der Waals surface area contributed by atoms with Gasteiger partial charge < -0.3 is 25.3 Å². The number of amides is 2. The van der Waals surface area contributed by atoms with Crippen molar-refractivity contribution in [3.8, 4) is 5.75 Å². The minimum atomic E-state index is -1.21. The minimum absolute atomic E-state index is 0.284. The molecule has 0 aromatic heterocycles. The first-order valence-electron chi connectivity index (χ1n) is 9.19. The molecule has 0 bridgehead atoms. The van der Waals surface area contributed by atoms with Gasteiger partial charge in [0.05, 0.1) is 12.5 Å². The van der Waals surface area contributed by atoms with E-state index in [0.717, 1.165) is 10.8 Å². The number of ether oxygens (including phenoxy) is 1. The minimum Gasteiger partial charge on any atom is -0.483 e. The number of benzene rings is 2.